The summed E-state index contributed by atoms with van der Waals surface area (Å²) >= 11 is 1.46. The molecule has 2 aliphatic heterocycles. The number of ether oxygens (including phenoxy) is 4. The van der Waals surface area contributed by atoms with Gasteiger partial charge in [0.2, 0.25) is 59.1 Å². The van der Waals surface area contributed by atoms with E-state index in [4.69, 9.17) is 24.7 Å². The summed E-state index contributed by atoms with van der Waals surface area (Å²) in [4.78, 5) is 169. The normalized spacial score (nSPS) is 16.2. The highest BCUT2D eigenvalue weighted by Crippen LogP contribution is 2.31. The van der Waals surface area contributed by atoms with E-state index in [1.54, 1.807) is 96.3 Å². The number of carbonyl (C=O) groups is 12. The summed E-state index contributed by atoms with van der Waals surface area (Å²) in [5.41, 5.74) is 6.75. The van der Waals surface area contributed by atoms with Crippen LogP contribution in [-0.2, 0) is 86.3 Å². The van der Waals surface area contributed by atoms with Crippen LogP contribution in [0.1, 0.15) is 141 Å². The predicted molar refractivity (Wildman–Crippen MR) is 390 cm³/mol. The van der Waals surface area contributed by atoms with Gasteiger partial charge < -0.3 is 77.0 Å². The van der Waals surface area contributed by atoms with Gasteiger partial charge in [-0.3, -0.25) is 52.8 Å². The van der Waals surface area contributed by atoms with Crippen molar-refractivity contribution in [3.8, 4) is 0 Å². The fourth-order valence-electron chi connectivity index (χ4n) is 12.5. The molecule has 3 heterocycles. The number of amides is 13. The van der Waals surface area contributed by atoms with Crippen LogP contribution >= 0.6 is 11.3 Å². The van der Waals surface area contributed by atoms with Crippen LogP contribution in [0.3, 0.4) is 0 Å². The van der Waals surface area contributed by atoms with E-state index in [-0.39, 0.29) is 74.4 Å². The number of hydrogen-bond donors (Lipinski definition) is 9. The molecule has 104 heavy (non-hydrogen) atoms. The Morgan fingerprint density at radius 2 is 1.39 bits per heavy atom. The number of nitrogens with one attached hydrogen (secondary N) is 8. The number of imide groups is 1. The van der Waals surface area contributed by atoms with Crippen LogP contribution in [0.5, 0.6) is 0 Å². The Kier molecular flexibility index (Phi) is 32.6. The topological polar surface area (TPSA) is 387 Å². The van der Waals surface area contributed by atoms with Gasteiger partial charge in [0.1, 0.15) is 48.5 Å². The molecule has 2 aliphatic rings. The Balaban J connectivity index is 0.983. The van der Waals surface area contributed by atoms with E-state index in [2.05, 4.69) is 47.5 Å². The first-order valence-electron chi connectivity index (χ1n) is 35.4. The zero-order chi connectivity index (χ0) is 76.4. The second kappa shape index (κ2) is 40.6. The summed E-state index contributed by atoms with van der Waals surface area (Å²) in [6.45, 7) is 15.2. The second-order valence-corrected chi connectivity index (χ2v) is 28.6. The lowest BCUT2D eigenvalue weighted by Gasteiger charge is -2.41. The highest BCUT2D eigenvalue weighted by Gasteiger charge is 2.44. The number of aromatic nitrogens is 1. The van der Waals surface area contributed by atoms with E-state index in [0.717, 1.165) is 16.1 Å². The second-order valence-electron chi connectivity index (χ2n) is 27.6. The smallest absolute Gasteiger partial charge is 0.408 e. The number of aryl methyl sites for hydroxylation is 1. The lowest BCUT2D eigenvalue weighted by Crippen LogP contribution is -2.62. The van der Waals surface area contributed by atoms with Crippen molar-refractivity contribution in [2.45, 2.75) is 187 Å². The molecule has 0 aliphatic carbocycles. The summed E-state index contributed by atoms with van der Waals surface area (Å²) in [7, 11) is 4.68. The molecular formula is C74H105N13O16S. The Hall–Kier alpha value is -9.39. The maximum atomic E-state index is 14.8. The van der Waals surface area contributed by atoms with Gasteiger partial charge >= 0.3 is 12.1 Å². The number of nitrogens with two attached hydrogens (primary N) is 1. The Labute approximate surface area is 612 Å². The molecular weight excluding hydrogens is 1360 g/mol. The van der Waals surface area contributed by atoms with Gasteiger partial charge in [0.05, 0.1) is 42.7 Å². The van der Waals surface area contributed by atoms with Crippen molar-refractivity contribution >= 4 is 93.9 Å². The molecule has 0 saturated carbocycles. The van der Waals surface area contributed by atoms with Gasteiger partial charge in [0.15, 0.2) is 0 Å². The summed E-state index contributed by atoms with van der Waals surface area (Å²) < 4.78 is 23.0. The number of benzene rings is 3. The van der Waals surface area contributed by atoms with E-state index >= 15 is 0 Å². The van der Waals surface area contributed by atoms with Crippen LogP contribution in [0.15, 0.2) is 90.4 Å². The van der Waals surface area contributed by atoms with E-state index in [9.17, 15) is 57.5 Å². The number of nitrogens with zero attached hydrogens (tertiary/aromatic N) is 4. The Morgan fingerprint density at radius 1 is 0.740 bits per heavy atom. The third-order valence-corrected chi connectivity index (χ3v) is 19.6. The Morgan fingerprint density at radius 3 is 1.98 bits per heavy atom. The zero-order valence-corrected chi connectivity index (χ0v) is 62.5. The standard InChI is InChI=1S/C74H105N13O16S/c1-13-46(6)64(56(100-11)40-61(92)86-36-18-22-55(86)65(101-12)47(7)66(93)81-54(69-76-35-38-104-69)39-49-19-15-14-16-20-49)85(10)70(96)63(45(4)5)83-71(97)74(8,9)84-73(99)103-41-50-25-30-52(31-26-50)79-67(94)53(21-17-34-77-72(75)98)80-68(95)62(44(2)3)82-58(89)43-102-42-57(88)78-51-28-23-48(24-29-51)27-32-59(90)87-37-33-60(87)91/h14-16,19-20,23-26,28-31,35,38,44-47,53-56,62-65H,13,17-18,21-22,27,32-34,36-37,39-43H2,1-12H3,(H,78,88)(H,79,94)(H,80,95)(H,81,93)(H,82,89)(H,83,97)(H,84,99)(H3,75,77,98). The average molecular weight is 1460 g/mol. The number of carbonyl (C=O) groups excluding carboxylic acids is 12. The van der Waals surface area contributed by atoms with Crippen LogP contribution in [0, 0.1) is 23.7 Å². The van der Waals surface area contributed by atoms with E-state index in [1.165, 1.54) is 54.2 Å². The lowest BCUT2D eigenvalue weighted by molar-refractivity contribution is -0.152. The van der Waals surface area contributed by atoms with Gasteiger partial charge in [0.25, 0.3) is 0 Å². The molecule has 0 bridgehead atoms. The minimum absolute atomic E-state index is 0.0329. The molecule has 2 saturated heterocycles. The molecule has 10 unspecified atom stereocenters. The summed E-state index contributed by atoms with van der Waals surface area (Å²) in [5, 5.41) is 24.5. The van der Waals surface area contributed by atoms with Crippen molar-refractivity contribution in [1.82, 2.24) is 51.6 Å². The lowest BCUT2D eigenvalue weighted by atomic mass is 9.89. The average Bonchev–Trinajstić information content (AvgIpc) is 1.42. The molecule has 3 aromatic carbocycles. The first kappa shape index (κ1) is 83.6. The molecule has 30 heteroatoms. The SMILES string of the molecule is CCC(C)C(C(CC(=O)N1CCCC1C(OC)C(C)C(=O)NC(Cc1ccccc1)c1nccs1)OC)N(C)C(=O)C(NC(=O)C(C)(C)NC(=O)OCc1ccc(NC(=O)C(CCCNC(N)=O)NC(=O)C(NC(=O)COCC(=O)Nc2ccc(CCC(=O)N3CCC3=O)cc2)C(C)C)cc1)C(C)C. The van der Waals surface area contributed by atoms with Gasteiger partial charge in [-0.15, -0.1) is 11.3 Å². The van der Waals surface area contributed by atoms with Crippen LogP contribution in [0.2, 0.25) is 0 Å². The minimum Gasteiger partial charge on any atom is -0.445 e. The molecule has 0 radical (unpaired) electrons. The number of urea groups is 1. The van der Waals surface area contributed by atoms with E-state index in [1.807, 2.05) is 49.6 Å². The maximum Gasteiger partial charge on any atom is 0.408 e. The van der Waals surface area contributed by atoms with E-state index < -0.39 is 126 Å². The van der Waals surface area contributed by atoms with Gasteiger partial charge in [-0.2, -0.15) is 0 Å². The highest BCUT2D eigenvalue weighted by molar-refractivity contribution is 7.09. The first-order chi connectivity index (χ1) is 49.4. The van der Waals surface area contributed by atoms with Crippen molar-refractivity contribution < 1.29 is 76.5 Å². The molecule has 1 aromatic heterocycles. The third-order valence-electron chi connectivity index (χ3n) is 18.8. The number of methoxy groups -OCH3 is 2. The first-order valence-corrected chi connectivity index (χ1v) is 36.3. The van der Waals surface area contributed by atoms with Crippen molar-refractivity contribution in [3.63, 3.8) is 0 Å². The third kappa shape index (κ3) is 24.9. The van der Waals surface area contributed by atoms with Gasteiger partial charge in [-0.25, -0.2) is 14.6 Å². The van der Waals surface area contributed by atoms with Crippen LogP contribution < -0.4 is 48.3 Å². The number of alkyl carbamates (subject to hydrolysis) is 1. The number of likely N-dealkylation sites (tertiary alicyclic amines) is 2. The van der Waals surface area contributed by atoms with Gasteiger partial charge in [-0.1, -0.05) is 109 Å². The molecule has 10 N–H and O–H groups in total. The maximum absolute atomic E-state index is 14.8. The molecule has 29 nitrogen and oxygen atoms in total. The summed E-state index contributed by atoms with van der Waals surface area (Å²) in [5.74, 6) is -6.34. The van der Waals surface area contributed by atoms with E-state index in [0.29, 0.717) is 68.6 Å². The largest absolute Gasteiger partial charge is 0.445 e. The molecule has 4 aromatic rings. The van der Waals surface area contributed by atoms with Crippen molar-refractivity contribution in [2.24, 2.45) is 29.4 Å². The zero-order valence-electron chi connectivity index (χ0n) is 61.7. The fraction of sp³-hybridized carbons (Fsp3) is 0.554. The van der Waals surface area contributed by atoms with Crippen molar-refractivity contribution in [2.75, 3.05) is 64.7 Å². The summed E-state index contributed by atoms with van der Waals surface area (Å²) in [6, 6.07) is 17.3. The predicted octanol–water partition coefficient (Wildman–Crippen LogP) is 5.67. The molecule has 568 valence electrons. The van der Waals surface area contributed by atoms with Crippen LogP contribution in [0.25, 0.3) is 0 Å². The minimum atomic E-state index is -1.61. The van der Waals surface area contributed by atoms with Crippen molar-refractivity contribution in [3.05, 3.63) is 112 Å². The van der Waals surface area contributed by atoms with Gasteiger partial charge in [-0.05, 0) is 111 Å². The molecule has 10 atom stereocenters. The number of hydrogen-bond acceptors (Lipinski definition) is 18. The number of thiazole rings is 1. The Bertz CT molecular complexity index is 3550. The molecule has 6 rings (SSSR count). The molecule has 2 fully saturated rings. The summed E-state index contributed by atoms with van der Waals surface area (Å²) in [6.07, 6.45) is 2.92. The number of β-lactam (4-membered cyclic amide) rings is 1. The molecule has 13 amide bonds. The van der Waals surface area contributed by atoms with Gasteiger partial charge in [0, 0.05) is 76.7 Å². The van der Waals surface area contributed by atoms with Crippen molar-refractivity contribution in [1.29, 1.82) is 0 Å². The number of rotatable bonds is 40. The number of likely N-dealkylation sites (N-methyl/N-ethyl adjacent to an activating group) is 1. The number of primary amides is 1. The highest BCUT2D eigenvalue weighted by atomic mass is 32.1. The van der Waals surface area contributed by atoms with Crippen LogP contribution in [0.4, 0.5) is 21.0 Å². The number of anilines is 2. The monoisotopic (exact) mass is 1460 g/mol. The quantitative estimate of drug-likeness (QED) is 0.0191. The fourth-order valence-corrected chi connectivity index (χ4v) is 13.2. The van der Waals surface area contributed by atoms with Crippen LogP contribution in [-0.4, -0.2) is 193 Å². The molecule has 0 spiro atoms.